The maximum atomic E-state index is 11.7. The van der Waals surface area contributed by atoms with E-state index in [2.05, 4.69) is 27.7 Å². The number of hydrogen-bond acceptors (Lipinski definition) is 2. The van der Waals surface area contributed by atoms with Crippen molar-refractivity contribution in [3.63, 3.8) is 0 Å². The third-order valence-electron chi connectivity index (χ3n) is 6.46. The Balaban J connectivity index is -0.000000382. The standard InChI is InChI=1S/2C10H21O.2C4H9.Sn/c2*1-4-7-8-9-10(11,5-2)6-3;2*1-3-4-2;/h2*4-9H2,1-3H3;2*1,3-4H2,2H3;/q2*-1;;;+2. The molecule has 0 heterocycles. The van der Waals surface area contributed by atoms with Gasteiger partial charge in [0.2, 0.25) is 0 Å². The van der Waals surface area contributed by atoms with Crippen molar-refractivity contribution in [1.29, 1.82) is 0 Å². The molecular formula is C28H60O2Sn. The third-order valence-corrected chi connectivity index (χ3v) is 10.5. The van der Waals surface area contributed by atoms with E-state index in [1.165, 1.54) is 51.4 Å². The first-order valence-electron chi connectivity index (χ1n) is 13.9. The van der Waals surface area contributed by atoms with E-state index in [9.17, 15) is 10.2 Å². The molecule has 0 amide bonds. The van der Waals surface area contributed by atoms with Crippen LogP contribution in [0.1, 0.15) is 158 Å². The van der Waals surface area contributed by atoms with Crippen LogP contribution in [-0.2, 0) is 0 Å². The molecule has 2 nitrogen and oxygen atoms in total. The van der Waals surface area contributed by atoms with E-state index < -0.39 is 11.2 Å². The molecule has 0 spiro atoms. The van der Waals surface area contributed by atoms with Crippen LogP contribution in [0, 0.1) is 0 Å². The van der Waals surface area contributed by atoms with Crippen molar-refractivity contribution in [3.8, 4) is 0 Å². The second kappa shape index (κ2) is 27.0. The first-order chi connectivity index (χ1) is 14.8. The van der Waals surface area contributed by atoms with Gasteiger partial charge in [-0.25, -0.2) is 0 Å². The quantitative estimate of drug-likeness (QED) is 0.129. The van der Waals surface area contributed by atoms with Gasteiger partial charge in [0.05, 0.1) is 0 Å². The first kappa shape index (κ1) is 36.3. The molecule has 0 aliphatic heterocycles. The number of hydrogen-bond donors (Lipinski definition) is 0. The van der Waals surface area contributed by atoms with E-state index in [0.717, 1.165) is 51.4 Å². The molecule has 0 rings (SSSR count). The third kappa shape index (κ3) is 26.8. The van der Waals surface area contributed by atoms with E-state index in [4.69, 9.17) is 0 Å². The number of rotatable bonds is 18. The maximum absolute atomic E-state index is 11.7. The first-order valence-corrected chi connectivity index (χ1v) is 17.9. The molecule has 31 heavy (non-hydrogen) atoms. The van der Waals surface area contributed by atoms with E-state index >= 15 is 0 Å². The Kier molecular flexibility index (Phi) is 31.6. The molecule has 0 aromatic rings. The van der Waals surface area contributed by atoms with Crippen molar-refractivity contribution in [3.05, 3.63) is 0 Å². The van der Waals surface area contributed by atoms with Crippen molar-refractivity contribution in [2.75, 3.05) is 0 Å². The van der Waals surface area contributed by atoms with E-state index in [1.807, 2.05) is 27.7 Å². The Morgan fingerprint density at radius 3 is 0.968 bits per heavy atom. The second-order valence-electron chi connectivity index (χ2n) is 9.15. The minimum atomic E-state index is -0.616. The topological polar surface area (TPSA) is 46.1 Å². The molecule has 0 saturated heterocycles. The molecule has 188 valence electrons. The zero-order valence-electron chi connectivity index (χ0n) is 23.0. The van der Waals surface area contributed by atoms with Gasteiger partial charge in [-0.15, -0.1) is 11.2 Å². The van der Waals surface area contributed by atoms with E-state index in [-0.39, 0.29) is 21.1 Å². The average Bonchev–Trinajstić information content (AvgIpc) is 2.80. The van der Waals surface area contributed by atoms with Crippen LogP contribution in [0.4, 0.5) is 0 Å². The summed E-state index contributed by atoms with van der Waals surface area (Å²) in [6, 6.07) is 0. The summed E-state index contributed by atoms with van der Waals surface area (Å²) in [7, 11) is 0. The fraction of sp³-hybridized carbons (Fsp3) is 1.00. The van der Waals surface area contributed by atoms with Crippen LogP contribution >= 0.6 is 0 Å². The Bertz CT molecular complexity index is 282. The summed E-state index contributed by atoms with van der Waals surface area (Å²) < 4.78 is 3.25. The molecule has 0 atom stereocenters. The molecule has 0 unspecified atom stereocenters. The van der Waals surface area contributed by atoms with Gasteiger partial charge in [-0.2, -0.15) is 0 Å². The normalized spacial score (nSPS) is 11.2. The fourth-order valence-corrected chi connectivity index (χ4v) is 7.49. The van der Waals surface area contributed by atoms with Gasteiger partial charge in [-0.05, 0) is 0 Å². The van der Waals surface area contributed by atoms with Crippen LogP contribution in [0.2, 0.25) is 8.87 Å². The summed E-state index contributed by atoms with van der Waals surface area (Å²) >= 11 is 0.149. The molecule has 0 saturated carbocycles. The van der Waals surface area contributed by atoms with Crippen LogP contribution in [0.15, 0.2) is 0 Å². The summed E-state index contributed by atoms with van der Waals surface area (Å²) in [6.07, 6.45) is 17.8. The van der Waals surface area contributed by atoms with Crippen LogP contribution in [0.5, 0.6) is 0 Å². The summed E-state index contributed by atoms with van der Waals surface area (Å²) in [4.78, 5) is 0. The van der Waals surface area contributed by atoms with Crippen LogP contribution in [-0.4, -0.2) is 32.3 Å². The summed E-state index contributed by atoms with van der Waals surface area (Å²) in [5.41, 5.74) is -1.23. The summed E-state index contributed by atoms with van der Waals surface area (Å²) in [6.45, 7) is 16.9. The molecule has 0 aliphatic carbocycles. The predicted molar refractivity (Wildman–Crippen MR) is 140 cm³/mol. The van der Waals surface area contributed by atoms with Crippen LogP contribution in [0.3, 0.4) is 0 Å². The Hall–Kier alpha value is 0.719. The van der Waals surface area contributed by atoms with Crippen molar-refractivity contribution < 1.29 is 10.2 Å². The SMILES string of the molecule is CCCCCC([O-])(CC)CC.CCCCCC([O-])(CC)CC.CCC[CH2][Sn+2][CH2]CCC. The van der Waals surface area contributed by atoms with Crippen molar-refractivity contribution in [2.24, 2.45) is 0 Å². The zero-order valence-corrected chi connectivity index (χ0v) is 25.9. The molecule has 0 aromatic carbocycles. The minimum absolute atomic E-state index is 0.149. The molecule has 0 aliphatic rings. The second-order valence-corrected chi connectivity index (χ2v) is 13.4. The van der Waals surface area contributed by atoms with Crippen molar-refractivity contribution in [1.82, 2.24) is 0 Å². The van der Waals surface area contributed by atoms with Crippen molar-refractivity contribution >= 4 is 21.1 Å². The summed E-state index contributed by atoms with van der Waals surface area (Å²) in [5, 5.41) is 23.4. The van der Waals surface area contributed by atoms with Gasteiger partial charge < -0.3 is 10.2 Å². The van der Waals surface area contributed by atoms with Gasteiger partial charge in [-0.1, -0.05) is 119 Å². The molecular weight excluding hydrogens is 487 g/mol. The van der Waals surface area contributed by atoms with Crippen molar-refractivity contribution in [2.45, 2.75) is 178 Å². The molecule has 0 aromatic heterocycles. The molecule has 3 heteroatoms. The monoisotopic (exact) mass is 548 g/mol. The Morgan fingerprint density at radius 1 is 0.452 bits per heavy atom. The summed E-state index contributed by atoms with van der Waals surface area (Å²) in [5.74, 6) is 0. The van der Waals surface area contributed by atoms with Gasteiger partial charge in [0.1, 0.15) is 0 Å². The fourth-order valence-electron chi connectivity index (χ4n) is 3.33. The Labute approximate surface area is 209 Å². The Morgan fingerprint density at radius 2 is 0.742 bits per heavy atom. The molecule has 0 radical (unpaired) electrons. The van der Waals surface area contributed by atoms with E-state index in [1.54, 1.807) is 8.87 Å². The average molecular weight is 547 g/mol. The van der Waals surface area contributed by atoms with E-state index in [0.29, 0.717) is 0 Å². The van der Waals surface area contributed by atoms with Gasteiger partial charge in [0.15, 0.2) is 0 Å². The molecule has 0 N–H and O–H groups in total. The van der Waals surface area contributed by atoms with Gasteiger partial charge >= 0.3 is 69.5 Å². The predicted octanol–water partition coefficient (Wildman–Crippen LogP) is 8.10. The van der Waals surface area contributed by atoms with Gasteiger partial charge in [0, 0.05) is 0 Å². The van der Waals surface area contributed by atoms with Crippen LogP contribution in [0.25, 0.3) is 0 Å². The number of unbranched alkanes of at least 4 members (excludes halogenated alkanes) is 6. The zero-order chi connectivity index (χ0) is 24.4. The molecule has 0 bridgehead atoms. The van der Waals surface area contributed by atoms with Gasteiger partial charge in [-0.3, -0.25) is 0 Å². The molecule has 0 fully saturated rings. The van der Waals surface area contributed by atoms with Crippen LogP contribution < -0.4 is 10.2 Å². The van der Waals surface area contributed by atoms with Gasteiger partial charge in [0.25, 0.3) is 0 Å².